The molecular weight excluding hydrogens is 411 g/mol. The lowest BCUT2D eigenvalue weighted by Crippen LogP contribution is -2.24. The number of nitrogens with zero attached hydrogens (tertiary/aromatic N) is 1. The van der Waals surface area contributed by atoms with Crippen LogP contribution in [0.5, 0.6) is 0 Å². The maximum Gasteiger partial charge on any atom is 0.150 e. The topological polar surface area (TPSA) is 59.1 Å². The minimum atomic E-state index is -3.08. The molecule has 3 aromatic rings. The van der Waals surface area contributed by atoms with Crippen LogP contribution in [0.15, 0.2) is 54.7 Å². The van der Waals surface area contributed by atoms with Gasteiger partial charge in [0.25, 0.3) is 0 Å². The molecule has 1 aromatic heterocycles. The summed E-state index contributed by atoms with van der Waals surface area (Å²) in [6.45, 7) is 1.98. The van der Waals surface area contributed by atoms with Crippen LogP contribution in [0.3, 0.4) is 0 Å². The van der Waals surface area contributed by atoms with Crippen molar-refractivity contribution < 1.29 is 12.8 Å². The van der Waals surface area contributed by atoms with E-state index in [9.17, 15) is 12.8 Å². The van der Waals surface area contributed by atoms with Gasteiger partial charge in [-0.1, -0.05) is 24.6 Å². The zero-order valence-electron chi connectivity index (χ0n) is 17.9. The lowest BCUT2D eigenvalue weighted by Gasteiger charge is -2.23. The molecule has 1 aliphatic carbocycles. The van der Waals surface area contributed by atoms with Gasteiger partial charge in [0.15, 0.2) is 9.84 Å². The fourth-order valence-corrected chi connectivity index (χ4v) is 5.39. The van der Waals surface area contributed by atoms with Crippen molar-refractivity contribution >= 4 is 21.2 Å². The number of aryl methyl sites for hydroxylation is 1. The van der Waals surface area contributed by atoms with Crippen LogP contribution in [0.1, 0.15) is 36.0 Å². The summed E-state index contributed by atoms with van der Waals surface area (Å²) < 4.78 is 38.1. The molecule has 4 nitrogen and oxygen atoms in total. The van der Waals surface area contributed by atoms with Crippen molar-refractivity contribution in [2.45, 2.75) is 44.3 Å². The van der Waals surface area contributed by atoms with E-state index in [-0.39, 0.29) is 11.1 Å². The molecule has 1 aliphatic rings. The van der Waals surface area contributed by atoms with Gasteiger partial charge >= 0.3 is 0 Å². The van der Waals surface area contributed by atoms with Gasteiger partial charge in [0, 0.05) is 35.5 Å². The van der Waals surface area contributed by atoms with Crippen molar-refractivity contribution in [1.82, 2.24) is 4.98 Å². The number of nitrogens with one attached hydrogen (secondary N) is 1. The minimum absolute atomic E-state index is 0.312. The highest BCUT2D eigenvalue weighted by molar-refractivity contribution is 7.91. The average Bonchev–Trinajstić information content (AvgIpc) is 2.69. The standard InChI is InChI=1S/C25H27FN2O2S/c1-17-10-11-20(16-23(17)25-15-19(26)12-13-27-25)28-24-9-5-6-18-14-21(31(2,29)30)7-3-4-8-22(18)24/h5-6,9-13,15-16,21,28H,3-4,7-8,14H2,1-2H3. The Morgan fingerprint density at radius 2 is 1.94 bits per heavy atom. The van der Waals surface area contributed by atoms with Crippen LogP contribution in [0.2, 0.25) is 0 Å². The largest absolute Gasteiger partial charge is 0.355 e. The Hall–Kier alpha value is -2.73. The maximum absolute atomic E-state index is 13.7. The molecular formula is C25H27FN2O2S. The van der Waals surface area contributed by atoms with Crippen molar-refractivity contribution in [2.75, 3.05) is 11.6 Å². The van der Waals surface area contributed by atoms with Crippen LogP contribution < -0.4 is 5.32 Å². The highest BCUT2D eigenvalue weighted by Crippen LogP contribution is 2.32. The lowest BCUT2D eigenvalue weighted by molar-refractivity contribution is 0.556. The summed E-state index contributed by atoms with van der Waals surface area (Å²) in [5.41, 5.74) is 6.65. The number of rotatable bonds is 4. The Morgan fingerprint density at radius 3 is 2.71 bits per heavy atom. The van der Waals surface area contributed by atoms with E-state index in [1.807, 2.05) is 43.3 Å². The van der Waals surface area contributed by atoms with Gasteiger partial charge in [-0.15, -0.1) is 0 Å². The molecule has 2 aromatic carbocycles. The van der Waals surface area contributed by atoms with Crippen molar-refractivity contribution in [2.24, 2.45) is 0 Å². The first-order chi connectivity index (χ1) is 14.8. The second-order valence-corrected chi connectivity index (χ2v) is 10.7. The fourth-order valence-electron chi connectivity index (χ4n) is 4.31. The molecule has 0 bridgehead atoms. The monoisotopic (exact) mass is 438 g/mol. The van der Waals surface area contributed by atoms with Crippen molar-refractivity contribution in [3.05, 3.63) is 77.2 Å². The third-order valence-electron chi connectivity index (χ3n) is 6.04. The van der Waals surface area contributed by atoms with Crippen LogP contribution in [0.4, 0.5) is 15.8 Å². The number of sulfone groups is 1. The summed E-state index contributed by atoms with van der Waals surface area (Å²) in [4.78, 5) is 4.32. The number of hydrogen-bond donors (Lipinski definition) is 1. The number of pyridine rings is 1. The minimum Gasteiger partial charge on any atom is -0.355 e. The lowest BCUT2D eigenvalue weighted by atomic mass is 9.91. The summed E-state index contributed by atoms with van der Waals surface area (Å²) >= 11 is 0. The molecule has 31 heavy (non-hydrogen) atoms. The molecule has 0 radical (unpaired) electrons. The van der Waals surface area contributed by atoms with Gasteiger partial charge in [-0.25, -0.2) is 12.8 Å². The molecule has 0 saturated heterocycles. The second kappa shape index (κ2) is 8.79. The fraction of sp³-hybridized carbons (Fsp3) is 0.320. The summed E-state index contributed by atoms with van der Waals surface area (Å²) in [6.07, 6.45) is 6.88. The van der Waals surface area contributed by atoms with Crippen LogP contribution >= 0.6 is 0 Å². The first-order valence-corrected chi connectivity index (χ1v) is 12.6. The van der Waals surface area contributed by atoms with Crippen LogP contribution in [-0.2, 0) is 22.7 Å². The van der Waals surface area contributed by atoms with E-state index < -0.39 is 9.84 Å². The molecule has 1 N–H and O–H groups in total. The molecule has 0 fully saturated rings. The molecule has 0 aliphatic heterocycles. The Bertz CT molecular complexity index is 1210. The van der Waals surface area contributed by atoms with Crippen LogP contribution in [0.25, 0.3) is 11.3 Å². The smallest absolute Gasteiger partial charge is 0.150 e. The van der Waals surface area contributed by atoms with Gasteiger partial charge < -0.3 is 5.32 Å². The Labute approximate surface area is 183 Å². The van der Waals surface area contributed by atoms with E-state index >= 15 is 0 Å². The molecule has 162 valence electrons. The average molecular weight is 439 g/mol. The summed E-state index contributed by atoms with van der Waals surface area (Å²) in [6, 6.07) is 14.8. The number of benzene rings is 2. The number of hydrogen-bond acceptors (Lipinski definition) is 4. The SMILES string of the molecule is Cc1ccc(Nc2cccc3c2CCCCC(S(C)(=O)=O)C3)cc1-c1cc(F)ccn1. The van der Waals surface area contributed by atoms with Gasteiger partial charge in [-0.3, -0.25) is 4.98 Å². The highest BCUT2D eigenvalue weighted by atomic mass is 32.2. The zero-order chi connectivity index (χ0) is 22.0. The molecule has 6 heteroatoms. The highest BCUT2D eigenvalue weighted by Gasteiger charge is 2.24. The Kier molecular flexibility index (Phi) is 6.10. The molecule has 4 rings (SSSR count). The molecule has 1 atom stereocenters. The second-order valence-electron chi connectivity index (χ2n) is 8.36. The number of fused-ring (bicyclic) bond motifs is 1. The third-order valence-corrected chi connectivity index (χ3v) is 7.66. The molecule has 1 unspecified atom stereocenters. The maximum atomic E-state index is 13.7. The predicted octanol–water partition coefficient (Wildman–Crippen LogP) is 5.62. The van der Waals surface area contributed by atoms with E-state index in [0.717, 1.165) is 53.7 Å². The van der Waals surface area contributed by atoms with Gasteiger partial charge in [-0.2, -0.15) is 0 Å². The van der Waals surface area contributed by atoms with Gasteiger partial charge in [0.2, 0.25) is 0 Å². The van der Waals surface area contributed by atoms with E-state index in [1.54, 1.807) is 0 Å². The zero-order valence-corrected chi connectivity index (χ0v) is 18.7. The van der Waals surface area contributed by atoms with Crippen molar-refractivity contribution in [1.29, 1.82) is 0 Å². The third kappa shape index (κ3) is 4.96. The Morgan fingerprint density at radius 1 is 1.10 bits per heavy atom. The van der Waals surface area contributed by atoms with E-state index in [1.165, 1.54) is 30.1 Å². The molecule has 1 heterocycles. The van der Waals surface area contributed by atoms with E-state index in [2.05, 4.69) is 10.3 Å². The molecule has 0 spiro atoms. The van der Waals surface area contributed by atoms with Gasteiger partial charge in [0.1, 0.15) is 5.82 Å². The first kappa shape index (κ1) is 21.5. The van der Waals surface area contributed by atoms with Crippen molar-refractivity contribution in [3.8, 4) is 11.3 Å². The van der Waals surface area contributed by atoms with E-state index in [0.29, 0.717) is 12.1 Å². The summed E-state index contributed by atoms with van der Waals surface area (Å²) in [5, 5.41) is 3.19. The molecule has 0 amide bonds. The first-order valence-electron chi connectivity index (χ1n) is 10.6. The van der Waals surface area contributed by atoms with Gasteiger partial charge in [0.05, 0.1) is 10.9 Å². The van der Waals surface area contributed by atoms with E-state index in [4.69, 9.17) is 0 Å². The van der Waals surface area contributed by atoms with Crippen LogP contribution in [0, 0.1) is 12.7 Å². The van der Waals surface area contributed by atoms with Crippen molar-refractivity contribution in [3.63, 3.8) is 0 Å². The quantitative estimate of drug-likeness (QED) is 0.574. The Balaban J connectivity index is 1.68. The number of halogens is 1. The summed E-state index contributed by atoms with van der Waals surface area (Å²) in [7, 11) is -3.08. The predicted molar refractivity (Wildman–Crippen MR) is 124 cm³/mol. The van der Waals surface area contributed by atoms with Crippen LogP contribution in [-0.4, -0.2) is 24.9 Å². The number of anilines is 2. The molecule has 0 saturated carbocycles. The normalized spacial score (nSPS) is 16.8. The van der Waals surface area contributed by atoms with Gasteiger partial charge in [-0.05, 0) is 73.6 Å². The summed E-state index contributed by atoms with van der Waals surface area (Å²) in [5.74, 6) is -0.312. The number of aromatic nitrogens is 1.